The molecule has 0 saturated carbocycles. The highest BCUT2D eigenvalue weighted by molar-refractivity contribution is 5.86. The van der Waals surface area contributed by atoms with E-state index in [2.05, 4.69) is 63.1 Å². The standard InChI is InChI=1S/C19H13N3/c1-2-7-17-15(5-1)19(18-11-21-12-22(17)18)14-6-3-4-13-8-9-20-10-16(13)14/h1-12,19H. The Kier molecular flexibility index (Phi) is 2.27. The Morgan fingerprint density at radius 2 is 1.73 bits per heavy atom. The number of nitrogens with zero attached hydrogens (tertiary/aromatic N) is 3. The van der Waals surface area contributed by atoms with Gasteiger partial charge in [0.05, 0.1) is 23.6 Å². The van der Waals surface area contributed by atoms with Gasteiger partial charge in [0.1, 0.15) is 0 Å². The Bertz CT molecular complexity index is 995. The van der Waals surface area contributed by atoms with E-state index >= 15 is 0 Å². The Labute approximate surface area is 127 Å². The topological polar surface area (TPSA) is 30.7 Å². The van der Waals surface area contributed by atoms with Crippen LogP contribution in [0.1, 0.15) is 22.7 Å². The van der Waals surface area contributed by atoms with E-state index in [4.69, 9.17) is 0 Å². The van der Waals surface area contributed by atoms with Crippen LogP contribution in [0.25, 0.3) is 16.5 Å². The molecule has 2 aromatic heterocycles. The summed E-state index contributed by atoms with van der Waals surface area (Å²) < 4.78 is 2.19. The molecule has 0 N–H and O–H groups in total. The van der Waals surface area contributed by atoms with E-state index in [9.17, 15) is 0 Å². The number of rotatable bonds is 1. The lowest BCUT2D eigenvalue weighted by atomic mass is 9.88. The second-order valence-electron chi connectivity index (χ2n) is 5.62. The van der Waals surface area contributed by atoms with Gasteiger partial charge in [-0.2, -0.15) is 0 Å². The number of benzene rings is 2. The first-order valence-electron chi connectivity index (χ1n) is 7.37. The number of hydrogen-bond acceptors (Lipinski definition) is 2. The van der Waals surface area contributed by atoms with Gasteiger partial charge in [-0.25, -0.2) is 4.98 Å². The van der Waals surface area contributed by atoms with Crippen LogP contribution in [0.2, 0.25) is 0 Å². The molecule has 0 fully saturated rings. The first kappa shape index (κ1) is 11.7. The third-order valence-corrected chi connectivity index (χ3v) is 4.50. The molecule has 3 nitrogen and oxygen atoms in total. The van der Waals surface area contributed by atoms with Crippen molar-refractivity contribution < 1.29 is 0 Å². The third-order valence-electron chi connectivity index (χ3n) is 4.50. The summed E-state index contributed by atoms with van der Waals surface area (Å²) in [5, 5.41) is 2.43. The summed E-state index contributed by atoms with van der Waals surface area (Å²) in [5.74, 6) is 0.214. The molecular formula is C19H13N3. The fraction of sp³-hybridized carbons (Fsp3) is 0.0526. The van der Waals surface area contributed by atoms with Crippen LogP contribution in [0.4, 0.5) is 0 Å². The van der Waals surface area contributed by atoms with E-state index in [1.807, 2.05) is 24.9 Å². The van der Waals surface area contributed by atoms with Gasteiger partial charge in [0.25, 0.3) is 0 Å². The lowest BCUT2D eigenvalue weighted by molar-refractivity contribution is 0.961. The Morgan fingerprint density at radius 3 is 2.73 bits per heavy atom. The van der Waals surface area contributed by atoms with Gasteiger partial charge < -0.3 is 4.57 Å². The van der Waals surface area contributed by atoms with Crippen molar-refractivity contribution in [2.24, 2.45) is 0 Å². The molecule has 0 radical (unpaired) electrons. The largest absolute Gasteiger partial charge is 0.302 e. The molecule has 0 saturated heterocycles. The Morgan fingerprint density at radius 1 is 0.818 bits per heavy atom. The predicted octanol–water partition coefficient (Wildman–Crippen LogP) is 3.91. The molecule has 4 aromatic rings. The minimum atomic E-state index is 0.214. The highest BCUT2D eigenvalue weighted by Gasteiger charge is 2.30. The molecule has 1 atom stereocenters. The average Bonchev–Trinajstić information content (AvgIpc) is 3.15. The Balaban J connectivity index is 1.86. The lowest BCUT2D eigenvalue weighted by Crippen LogP contribution is -2.00. The predicted molar refractivity (Wildman–Crippen MR) is 86.3 cm³/mol. The number of para-hydroxylation sites is 1. The molecule has 5 rings (SSSR count). The smallest absolute Gasteiger partial charge is 0.0994 e. The lowest BCUT2D eigenvalue weighted by Gasteiger charge is -2.14. The number of pyridine rings is 1. The van der Waals surface area contributed by atoms with Gasteiger partial charge >= 0.3 is 0 Å². The molecule has 22 heavy (non-hydrogen) atoms. The molecule has 0 spiro atoms. The van der Waals surface area contributed by atoms with Crippen molar-refractivity contribution in [1.82, 2.24) is 14.5 Å². The van der Waals surface area contributed by atoms with Gasteiger partial charge in [-0.1, -0.05) is 36.4 Å². The second kappa shape index (κ2) is 4.28. The van der Waals surface area contributed by atoms with E-state index in [-0.39, 0.29) is 5.92 Å². The molecular weight excluding hydrogens is 270 g/mol. The van der Waals surface area contributed by atoms with Gasteiger partial charge in [0, 0.05) is 24.0 Å². The number of imidazole rings is 1. The monoisotopic (exact) mass is 283 g/mol. The highest BCUT2D eigenvalue weighted by atomic mass is 15.1. The molecule has 2 aromatic carbocycles. The van der Waals surface area contributed by atoms with Gasteiger partial charge in [-0.05, 0) is 28.6 Å². The van der Waals surface area contributed by atoms with E-state index in [1.54, 1.807) is 0 Å². The summed E-state index contributed by atoms with van der Waals surface area (Å²) in [6.45, 7) is 0. The van der Waals surface area contributed by atoms with Crippen molar-refractivity contribution in [1.29, 1.82) is 0 Å². The minimum absolute atomic E-state index is 0.214. The second-order valence-corrected chi connectivity index (χ2v) is 5.62. The normalized spacial score (nSPS) is 15.7. The zero-order chi connectivity index (χ0) is 14.5. The van der Waals surface area contributed by atoms with Crippen molar-refractivity contribution in [2.75, 3.05) is 0 Å². The van der Waals surface area contributed by atoms with Gasteiger partial charge in [-0.15, -0.1) is 0 Å². The quantitative estimate of drug-likeness (QED) is 0.467. The van der Waals surface area contributed by atoms with Crippen LogP contribution in [0.3, 0.4) is 0 Å². The fourth-order valence-corrected chi connectivity index (χ4v) is 3.55. The van der Waals surface area contributed by atoms with Crippen molar-refractivity contribution in [3.63, 3.8) is 0 Å². The van der Waals surface area contributed by atoms with E-state index < -0.39 is 0 Å². The third kappa shape index (κ3) is 1.45. The van der Waals surface area contributed by atoms with Crippen LogP contribution in [0.5, 0.6) is 0 Å². The number of fused-ring (bicyclic) bond motifs is 4. The maximum Gasteiger partial charge on any atom is 0.0994 e. The minimum Gasteiger partial charge on any atom is -0.302 e. The van der Waals surface area contributed by atoms with Crippen LogP contribution in [0, 0.1) is 0 Å². The molecule has 0 aliphatic carbocycles. The summed E-state index contributed by atoms with van der Waals surface area (Å²) in [5.41, 5.74) is 5.06. The SMILES string of the molecule is c1ccc2c(c1)C(c1cccc3ccncc13)c1cncn1-2. The fourth-order valence-electron chi connectivity index (χ4n) is 3.55. The molecule has 104 valence electrons. The molecule has 3 heteroatoms. The summed E-state index contributed by atoms with van der Waals surface area (Å²) >= 11 is 0. The van der Waals surface area contributed by atoms with E-state index in [1.165, 1.54) is 33.3 Å². The molecule has 0 bridgehead atoms. The first-order chi connectivity index (χ1) is 10.9. The first-order valence-corrected chi connectivity index (χ1v) is 7.37. The molecule has 1 aliphatic rings. The van der Waals surface area contributed by atoms with Gasteiger partial charge in [-0.3, -0.25) is 4.98 Å². The maximum atomic E-state index is 4.35. The summed E-state index contributed by atoms with van der Waals surface area (Å²) in [4.78, 5) is 8.67. The number of hydrogen-bond donors (Lipinski definition) is 0. The molecule has 3 heterocycles. The molecule has 0 amide bonds. The zero-order valence-corrected chi connectivity index (χ0v) is 11.8. The van der Waals surface area contributed by atoms with Crippen molar-refractivity contribution in [3.05, 3.63) is 90.3 Å². The van der Waals surface area contributed by atoms with Crippen molar-refractivity contribution in [2.45, 2.75) is 5.92 Å². The van der Waals surface area contributed by atoms with Crippen LogP contribution >= 0.6 is 0 Å². The molecule has 1 unspecified atom stereocenters. The van der Waals surface area contributed by atoms with Crippen LogP contribution in [-0.2, 0) is 0 Å². The van der Waals surface area contributed by atoms with Crippen LogP contribution in [0.15, 0.2) is 73.4 Å². The van der Waals surface area contributed by atoms with Crippen molar-refractivity contribution in [3.8, 4) is 5.69 Å². The summed E-state index contributed by atoms with van der Waals surface area (Å²) in [6, 6.07) is 17.1. The number of aromatic nitrogens is 3. The van der Waals surface area contributed by atoms with E-state index in [0.717, 1.165) is 0 Å². The maximum absolute atomic E-state index is 4.35. The van der Waals surface area contributed by atoms with Crippen LogP contribution < -0.4 is 0 Å². The Hall–Kier alpha value is -2.94. The van der Waals surface area contributed by atoms with Crippen molar-refractivity contribution >= 4 is 10.8 Å². The highest BCUT2D eigenvalue weighted by Crippen LogP contribution is 2.43. The van der Waals surface area contributed by atoms with Gasteiger partial charge in [0.2, 0.25) is 0 Å². The molecule has 1 aliphatic heterocycles. The van der Waals surface area contributed by atoms with E-state index in [0.29, 0.717) is 0 Å². The van der Waals surface area contributed by atoms with Gasteiger partial charge in [0.15, 0.2) is 0 Å². The van der Waals surface area contributed by atoms with Crippen LogP contribution in [-0.4, -0.2) is 14.5 Å². The average molecular weight is 283 g/mol. The zero-order valence-electron chi connectivity index (χ0n) is 11.8. The summed E-state index contributed by atoms with van der Waals surface area (Å²) in [7, 11) is 0. The summed E-state index contributed by atoms with van der Waals surface area (Å²) in [6.07, 6.45) is 7.68.